The number of morpholine rings is 1. The van der Waals surface area contributed by atoms with Crippen LogP contribution in [0.5, 0.6) is 0 Å². The predicted molar refractivity (Wildman–Crippen MR) is 154 cm³/mol. The van der Waals surface area contributed by atoms with Crippen LogP contribution in [0.4, 0.5) is 17.2 Å². The van der Waals surface area contributed by atoms with Gasteiger partial charge in [0.1, 0.15) is 0 Å². The van der Waals surface area contributed by atoms with Crippen molar-refractivity contribution in [2.75, 3.05) is 36.5 Å². The Morgan fingerprint density at radius 1 is 0.725 bits per heavy atom. The summed E-state index contributed by atoms with van der Waals surface area (Å²) in [6.45, 7) is 3.26. The number of hydrogen-bond donors (Lipinski definition) is 3. The van der Waals surface area contributed by atoms with E-state index in [1.165, 1.54) is 0 Å². The van der Waals surface area contributed by atoms with Gasteiger partial charge in [0.2, 0.25) is 0 Å². The van der Waals surface area contributed by atoms with Crippen LogP contribution in [0.15, 0.2) is 72.8 Å². The van der Waals surface area contributed by atoms with Crippen LogP contribution in [0, 0.1) is 0 Å². The van der Waals surface area contributed by atoms with Crippen LogP contribution >= 0.6 is 11.6 Å². The molecule has 2 aromatic heterocycles. The zero-order chi connectivity index (χ0) is 28.1. The number of benzene rings is 3. The summed E-state index contributed by atoms with van der Waals surface area (Å²) in [6.07, 6.45) is 0. The fourth-order valence-electron chi connectivity index (χ4n) is 4.11. The summed E-state index contributed by atoms with van der Waals surface area (Å²) < 4.78 is 5.38. The maximum absolute atomic E-state index is 11.8. The van der Waals surface area contributed by atoms with Crippen LogP contribution in [0.25, 0.3) is 22.1 Å². The van der Waals surface area contributed by atoms with Crippen molar-refractivity contribution in [1.29, 1.82) is 0 Å². The van der Waals surface area contributed by atoms with Gasteiger partial charge in [-0.1, -0.05) is 35.9 Å². The molecule has 1 fully saturated rings. The van der Waals surface area contributed by atoms with Crippen LogP contribution in [-0.2, 0) is 4.74 Å². The molecule has 0 unspecified atom stereocenters. The number of hydrogen-bond acceptors (Lipinski definition) is 9. The third kappa shape index (κ3) is 6.06. The SMILES string of the molecule is NC(=O)c1nc2ccccc2nc1Cl.NC(=O)c1nc2ccccc2nc1Nc1ccc(N2CCOCC2)cc1. The van der Waals surface area contributed by atoms with Gasteiger partial charge in [-0.15, -0.1) is 0 Å². The lowest BCUT2D eigenvalue weighted by Gasteiger charge is -2.28. The minimum absolute atomic E-state index is 0.00497. The van der Waals surface area contributed by atoms with Gasteiger partial charge in [-0.3, -0.25) is 9.59 Å². The Morgan fingerprint density at radius 2 is 1.23 bits per heavy atom. The van der Waals surface area contributed by atoms with E-state index in [0.29, 0.717) is 27.9 Å². The van der Waals surface area contributed by atoms with E-state index in [0.717, 1.165) is 37.7 Å². The van der Waals surface area contributed by atoms with Gasteiger partial charge in [0, 0.05) is 24.5 Å². The Bertz CT molecular complexity index is 1690. The van der Waals surface area contributed by atoms with Gasteiger partial charge < -0.3 is 26.4 Å². The summed E-state index contributed by atoms with van der Waals surface area (Å²) in [5.74, 6) is -0.931. The smallest absolute Gasteiger partial charge is 0.271 e. The topological polar surface area (TPSA) is 162 Å². The summed E-state index contributed by atoms with van der Waals surface area (Å²) >= 11 is 5.72. The van der Waals surface area contributed by atoms with Crippen molar-refractivity contribution in [3.63, 3.8) is 0 Å². The molecule has 202 valence electrons. The molecule has 2 amide bonds. The van der Waals surface area contributed by atoms with Crippen LogP contribution in [0.2, 0.25) is 5.15 Å². The largest absolute Gasteiger partial charge is 0.378 e. The molecule has 3 heterocycles. The summed E-state index contributed by atoms with van der Waals surface area (Å²) in [5.41, 5.74) is 15.2. The Balaban J connectivity index is 0.000000194. The number of nitrogens with two attached hydrogens (primary N) is 2. The first kappa shape index (κ1) is 26.7. The van der Waals surface area contributed by atoms with E-state index in [4.69, 9.17) is 27.8 Å². The van der Waals surface area contributed by atoms with Crippen molar-refractivity contribution in [3.05, 3.63) is 89.3 Å². The highest BCUT2D eigenvalue weighted by Crippen LogP contribution is 2.24. The van der Waals surface area contributed by atoms with E-state index in [1.807, 2.05) is 48.5 Å². The van der Waals surface area contributed by atoms with Crippen molar-refractivity contribution >= 4 is 62.7 Å². The fraction of sp³-hybridized carbons (Fsp3) is 0.143. The second-order valence-electron chi connectivity index (χ2n) is 8.76. The van der Waals surface area contributed by atoms with Crippen molar-refractivity contribution < 1.29 is 14.3 Å². The third-order valence-corrected chi connectivity index (χ3v) is 6.34. The molecule has 5 N–H and O–H groups in total. The van der Waals surface area contributed by atoms with E-state index in [9.17, 15) is 9.59 Å². The molecule has 0 saturated carbocycles. The van der Waals surface area contributed by atoms with Crippen molar-refractivity contribution in [1.82, 2.24) is 19.9 Å². The van der Waals surface area contributed by atoms with E-state index in [2.05, 4.69) is 30.2 Å². The number of carbonyl (C=O) groups is 2. The highest BCUT2D eigenvalue weighted by atomic mass is 35.5. The molecule has 1 aliphatic heterocycles. The number of aromatic nitrogens is 4. The molecule has 11 nitrogen and oxygen atoms in total. The minimum atomic E-state index is -0.673. The number of nitrogens with one attached hydrogen (secondary N) is 1. The first-order chi connectivity index (χ1) is 19.4. The normalized spacial score (nSPS) is 13.0. The number of ether oxygens (including phenoxy) is 1. The molecule has 0 aliphatic carbocycles. The lowest BCUT2D eigenvalue weighted by molar-refractivity contribution is 0.0987. The highest BCUT2D eigenvalue weighted by Gasteiger charge is 2.15. The Hall–Kier alpha value is -4.87. The lowest BCUT2D eigenvalue weighted by atomic mass is 10.2. The van der Waals surface area contributed by atoms with Crippen LogP contribution in [0.1, 0.15) is 21.0 Å². The fourth-order valence-corrected chi connectivity index (χ4v) is 4.33. The Labute approximate surface area is 234 Å². The number of halogens is 1. The van der Waals surface area contributed by atoms with Crippen LogP contribution in [-0.4, -0.2) is 58.1 Å². The van der Waals surface area contributed by atoms with E-state index >= 15 is 0 Å². The second kappa shape index (κ2) is 11.9. The molecule has 6 rings (SSSR count). The number of fused-ring (bicyclic) bond motifs is 2. The Morgan fingerprint density at radius 3 is 1.77 bits per heavy atom. The quantitative estimate of drug-likeness (QED) is 0.293. The standard InChI is InChI=1S/C19H19N5O2.C9H6ClN3O/c20-18(25)17-19(23-16-4-2-1-3-15(16)22-17)21-13-5-7-14(8-6-13)24-9-11-26-12-10-24;10-8-7(9(11)14)12-5-3-1-2-4-6(5)13-8/h1-8H,9-12H2,(H2,20,25)(H,21,23);1-4H,(H2,11,14). The molecule has 3 aromatic carbocycles. The molecule has 5 aromatic rings. The molecular weight excluding hydrogens is 532 g/mol. The molecule has 0 bridgehead atoms. The van der Waals surface area contributed by atoms with Gasteiger partial charge >= 0.3 is 0 Å². The molecule has 0 radical (unpaired) electrons. The molecule has 0 atom stereocenters. The van der Waals surface area contributed by atoms with Gasteiger partial charge in [0.05, 0.1) is 35.3 Å². The summed E-state index contributed by atoms with van der Waals surface area (Å²) in [4.78, 5) is 41.8. The second-order valence-corrected chi connectivity index (χ2v) is 9.12. The molecule has 40 heavy (non-hydrogen) atoms. The van der Waals surface area contributed by atoms with Crippen molar-refractivity contribution in [3.8, 4) is 0 Å². The average molecular weight is 557 g/mol. The maximum atomic E-state index is 11.8. The van der Waals surface area contributed by atoms with E-state index in [1.54, 1.807) is 24.3 Å². The molecule has 0 spiro atoms. The Kier molecular flexibility index (Phi) is 7.94. The average Bonchev–Trinajstić information content (AvgIpc) is 2.97. The number of nitrogens with zero attached hydrogens (tertiary/aromatic N) is 5. The summed E-state index contributed by atoms with van der Waals surface area (Å²) in [6, 6.07) is 22.5. The number of primary amides is 2. The predicted octanol–water partition coefficient (Wildman–Crippen LogP) is 3.69. The van der Waals surface area contributed by atoms with Gasteiger partial charge in [-0.25, -0.2) is 19.9 Å². The first-order valence-corrected chi connectivity index (χ1v) is 12.8. The number of carbonyl (C=O) groups excluding carboxylic acids is 2. The first-order valence-electron chi connectivity index (χ1n) is 12.4. The molecular formula is C28H25ClN8O3. The number of rotatable bonds is 5. The maximum Gasteiger partial charge on any atom is 0.271 e. The summed E-state index contributed by atoms with van der Waals surface area (Å²) in [5, 5.41) is 3.20. The minimum Gasteiger partial charge on any atom is -0.378 e. The molecule has 1 aliphatic rings. The number of para-hydroxylation sites is 4. The van der Waals surface area contributed by atoms with E-state index < -0.39 is 11.8 Å². The summed E-state index contributed by atoms with van der Waals surface area (Å²) in [7, 11) is 0. The van der Waals surface area contributed by atoms with Gasteiger partial charge in [-0.2, -0.15) is 0 Å². The third-order valence-electron chi connectivity index (χ3n) is 6.07. The van der Waals surface area contributed by atoms with Gasteiger partial charge in [0.15, 0.2) is 22.4 Å². The van der Waals surface area contributed by atoms with Crippen LogP contribution in [0.3, 0.4) is 0 Å². The van der Waals surface area contributed by atoms with Crippen molar-refractivity contribution in [2.45, 2.75) is 0 Å². The number of anilines is 3. The lowest BCUT2D eigenvalue weighted by Crippen LogP contribution is -2.36. The number of amides is 2. The monoisotopic (exact) mass is 556 g/mol. The highest BCUT2D eigenvalue weighted by molar-refractivity contribution is 6.32. The van der Waals surface area contributed by atoms with Gasteiger partial charge in [-0.05, 0) is 48.5 Å². The van der Waals surface area contributed by atoms with Gasteiger partial charge in [0.25, 0.3) is 11.8 Å². The van der Waals surface area contributed by atoms with Crippen LogP contribution < -0.4 is 21.7 Å². The zero-order valence-electron chi connectivity index (χ0n) is 21.3. The molecule has 12 heteroatoms. The van der Waals surface area contributed by atoms with Crippen molar-refractivity contribution in [2.24, 2.45) is 11.5 Å². The van der Waals surface area contributed by atoms with E-state index in [-0.39, 0.29) is 16.5 Å². The zero-order valence-corrected chi connectivity index (χ0v) is 22.0. The molecule has 1 saturated heterocycles.